The Balaban J connectivity index is 2.21. The highest BCUT2D eigenvalue weighted by atomic mass is 35.5. The van der Waals surface area contributed by atoms with E-state index in [0.717, 1.165) is 37.2 Å². The Morgan fingerprint density at radius 1 is 1.15 bits per heavy atom. The van der Waals surface area contributed by atoms with Crippen LogP contribution in [0.2, 0.25) is 10.0 Å². The molecular weight excluding hydrogens is 293 g/mol. The minimum atomic E-state index is 0.229. The van der Waals surface area contributed by atoms with E-state index in [1.54, 1.807) is 13.2 Å². The van der Waals surface area contributed by atoms with Gasteiger partial charge in [0.1, 0.15) is 5.75 Å². The normalized spacial score (nSPS) is 18.3. The third-order valence-electron chi connectivity index (χ3n) is 4.16. The lowest BCUT2D eigenvalue weighted by Crippen LogP contribution is -2.45. The minimum absolute atomic E-state index is 0.229. The standard InChI is InChI=1S/C16H23Cl2NO/c1-16(2,3)19-9-7-11(8-10-19)14-13(20-4)6-5-12(17)15(14)18/h5-6,11H,7-10H2,1-4H3. The molecule has 1 aromatic carbocycles. The molecule has 1 heterocycles. The van der Waals surface area contributed by atoms with Gasteiger partial charge in [-0.15, -0.1) is 0 Å². The van der Waals surface area contributed by atoms with Crippen molar-refractivity contribution in [1.29, 1.82) is 0 Å². The molecular formula is C16H23Cl2NO. The van der Waals surface area contributed by atoms with Crippen molar-refractivity contribution in [3.05, 3.63) is 27.7 Å². The second-order valence-electron chi connectivity index (χ2n) is 6.41. The van der Waals surface area contributed by atoms with Crippen molar-refractivity contribution in [1.82, 2.24) is 4.90 Å². The molecule has 0 aliphatic carbocycles. The predicted molar refractivity (Wildman–Crippen MR) is 86.3 cm³/mol. The summed E-state index contributed by atoms with van der Waals surface area (Å²) in [6.07, 6.45) is 2.18. The zero-order valence-electron chi connectivity index (χ0n) is 12.7. The van der Waals surface area contributed by atoms with Crippen LogP contribution in [0.1, 0.15) is 45.1 Å². The maximum Gasteiger partial charge on any atom is 0.123 e. The van der Waals surface area contributed by atoms with Gasteiger partial charge in [-0.1, -0.05) is 23.2 Å². The van der Waals surface area contributed by atoms with Gasteiger partial charge >= 0.3 is 0 Å². The fraction of sp³-hybridized carbons (Fsp3) is 0.625. The van der Waals surface area contributed by atoms with Crippen LogP contribution in [0, 0.1) is 0 Å². The topological polar surface area (TPSA) is 12.5 Å². The summed E-state index contributed by atoms with van der Waals surface area (Å²) in [6, 6.07) is 3.72. The second-order valence-corrected chi connectivity index (χ2v) is 7.19. The largest absolute Gasteiger partial charge is 0.496 e. The van der Waals surface area contributed by atoms with Gasteiger partial charge in [0.15, 0.2) is 0 Å². The number of likely N-dealkylation sites (tertiary alicyclic amines) is 1. The van der Waals surface area contributed by atoms with Crippen LogP contribution in [-0.2, 0) is 0 Å². The molecule has 20 heavy (non-hydrogen) atoms. The number of hydrogen-bond donors (Lipinski definition) is 0. The van der Waals surface area contributed by atoms with Crippen LogP contribution in [0.25, 0.3) is 0 Å². The van der Waals surface area contributed by atoms with Crippen molar-refractivity contribution >= 4 is 23.2 Å². The second kappa shape index (κ2) is 6.13. The van der Waals surface area contributed by atoms with E-state index in [2.05, 4.69) is 25.7 Å². The van der Waals surface area contributed by atoms with Crippen LogP contribution < -0.4 is 4.74 Å². The molecule has 0 bridgehead atoms. The maximum atomic E-state index is 6.41. The number of piperidine rings is 1. The molecule has 0 spiro atoms. The Morgan fingerprint density at radius 3 is 2.25 bits per heavy atom. The van der Waals surface area contributed by atoms with Gasteiger partial charge in [-0.3, -0.25) is 4.90 Å². The van der Waals surface area contributed by atoms with E-state index < -0.39 is 0 Å². The van der Waals surface area contributed by atoms with E-state index in [-0.39, 0.29) is 5.54 Å². The molecule has 1 aliphatic heterocycles. The van der Waals surface area contributed by atoms with Gasteiger partial charge in [0, 0.05) is 11.1 Å². The maximum absolute atomic E-state index is 6.41. The van der Waals surface area contributed by atoms with Crippen molar-refractivity contribution in [3.63, 3.8) is 0 Å². The van der Waals surface area contributed by atoms with Gasteiger partial charge in [0.2, 0.25) is 0 Å². The van der Waals surface area contributed by atoms with Crippen molar-refractivity contribution < 1.29 is 4.74 Å². The SMILES string of the molecule is COc1ccc(Cl)c(Cl)c1C1CCN(C(C)(C)C)CC1. The molecule has 1 aromatic rings. The summed E-state index contributed by atoms with van der Waals surface area (Å²) < 4.78 is 5.47. The van der Waals surface area contributed by atoms with Crippen molar-refractivity contribution in [2.24, 2.45) is 0 Å². The first kappa shape index (κ1) is 15.9. The van der Waals surface area contributed by atoms with Gasteiger partial charge in [-0.05, 0) is 64.8 Å². The molecule has 1 fully saturated rings. The molecule has 1 saturated heterocycles. The summed E-state index contributed by atoms with van der Waals surface area (Å²) in [4.78, 5) is 2.52. The lowest BCUT2D eigenvalue weighted by Gasteiger charge is -2.41. The van der Waals surface area contributed by atoms with Crippen LogP contribution in [-0.4, -0.2) is 30.6 Å². The van der Waals surface area contributed by atoms with E-state index in [9.17, 15) is 0 Å². The third kappa shape index (κ3) is 3.24. The number of benzene rings is 1. The van der Waals surface area contributed by atoms with Crippen molar-refractivity contribution in [3.8, 4) is 5.75 Å². The number of nitrogens with zero attached hydrogens (tertiary/aromatic N) is 1. The number of ether oxygens (including phenoxy) is 1. The zero-order chi connectivity index (χ0) is 14.9. The number of rotatable bonds is 2. The molecule has 1 aliphatic rings. The van der Waals surface area contributed by atoms with Crippen LogP contribution in [0.15, 0.2) is 12.1 Å². The zero-order valence-corrected chi connectivity index (χ0v) is 14.2. The summed E-state index contributed by atoms with van der Waals surface area (Å²) in [5.74, 6) is 1.28. The van der Waals surface area contributed by atoms with Crippen LogP contribution >= 0.6 is 23.2 Å². The number of hydrogen-bond acceptors (Lipinski definition) is 2. The third-order valence-corrected chi connectivity index (χ3v) is 4.98. The lowest BCUT2D eigenvalue weighted by atomic mass is 9.87. The van der Waals surface area contributed by atoms with E-state index >= 15 is 0 Å². The first-order valence-electron chi connectivity index (χ1n) is 7.11. The quantitative estimate of drug-likeness (QED) is 0.763. The first-order chi connectivity index (χ1) is 9.34. The van der Waals surface area contributed by atoms with Crippen LogP contribution in [0.4, 0.5) is 0 Å². The van der Waals surface area contributed by atoms with Crippen LogP contribution in [0.3, 0.4) is 0 Å². The highest BCUT2D eigenvalue weighted by molar-refractivity contribution is 6.42. The Labute approximate surface area is 132 Å². The summed E-state index contributed by atoms with van der Waals surface area (Å²) in [5, 5.41) is 1.26. The van der Waals surface area contributed by atoms with Crippen molar-refractivity contribution in [2.75, 3.05) is 20.2 Å². The molecule has 0 radical (unpaired) electrons. The first-order valence-corrected chi connectivity index (χ1v) is 7.87. The van der Waals surface area contributed by atoms with Gasteiger partial charge in [-0.25, -0.2) is 0 Å². The van der Waals surface area contributed by atoms with Gasteiger partial charge in [0.05, 0.1) is 17.2 Å². The molecule has 2 rings (SSSR count). The highest BCUT2D eigenvalue weighted by Gasteiger charge is 2.30. The summed E-state index contributed by atoms with van der Waals surface area (Å²) >= 11 is 12.6. The molecule has 4 heteroatoms. The fourth-order valence-corrected chi connectivity index (χ4v) is 3.42. The van der Waals surface area contributed by atoms with Gasteiger partial charge < -0.3 is 4.74 Å². The molecule has 0 saturated carbocycles. The summed E-state index contributed by atoms with van der Waals surface area (Å²) in [6.45, 7) is 8.96. The average molecular weight is 316 g/mol. The van der Waals surface area contributed by atoms with E-state index in [1.807, 2.05) is 6.07 Å². The smallest absolute Gasteiger partial charge is 0.123 e. The number of halogens is 2. The van der Waals surface area contributed by atoms with Gasteiger partial charge in [-0.2, -0.15) is 0 Å². The van der Waals surface area contributed by atoms with E-state index in [0.29, 0.717) is 16.0 Å². The van der Waals surface area contributed by atoms with Gasteiger partial charge in [0.25, 0.3) is 0 Å². The monoisotopic (exact) mass is 315 g/mol. The molecule has 0 N–H and O–H groups in total. The summed E-state index contributed by atoms with van der Waals surface area (Å²) in [5.41, 5.74) is 1.31. The van der Waals surface area contributed by atoms with E-state index in [4.69, 9.17) is 27.9 Å². The Morgan fingerprint density at radius 2 is 1.75 bits per heavy atom. The molecule has 0 aromatic heterocycles. The predicted octanol–water partition coefficient (Wildman–Crippen LogP) is 4.98. The fourth-order valence-electron chi connectivity index (χ4n) is 2.95. The molecule has 2 nitrogen and oxygen atoms in total. The summed E-state index contributed by atoms with van der Waals surface area (Å²) in [7, 11) is 1.69. The van der Waals surface area contributed by atoms with Crippen LogP contribution in [0.5, 0.6) is 5.75 Å². The Kier molecular flexibility index (Phi) is 4.88. The average Bonchev–Trinajstić information content (AvgIpc) is 2.41. The Bertz CT molecular complexity index is 474. The molecule has 0 unspecified atom stereocenters. The molecule has 0 amide bonds. The lowest BCUT2D eigenvalue weighted by molar-refractivity contribution is 0.102. The molecule has 112 valence electrons. The van der Waals surface area contributed by atoms with E-state index in [1.165, 1.54) is 0 Å². The highest BCUT2D eigenvalue weighted by Crippen LogP contribution is 2.42. The molecule has 0 atom stereocenters. The number of methoxy groups -OCH3 is 1. The van der Waals surface area contributed by atoms with Crippen molar-refractivity contribution in [2.45, 2.75) is 45.1 Å². The minimum Gasteiger partial charge on any atom is -0.496 e. The Hall–Kier alpha value is -0.440.